The lowest BCUT2D eigenvalue weighted by Gasteiger charge is -2.34. The Kier molecular flexibility index (Phi) is 4.19. The predicted molar refractivity (Wildman–Crippen MR) is 105 cm³/mol. The van der Waals surface area contributed by atoms with E-state index in [1.165, 1.54) is 24.8 Å². The Labute approximate surface area is 158 Å². The molecule has 5 heteroatoms. The Morgan fingerprint density at radius 2 is 1.68 bits per heavy atom. The van der Waals surface area contributed by atoms with Gasteiger partial charge in [-0.05, 0) is 55.7 Å². The summed E-state index contributed by atoms with van der Waals surface area (Å²) in [6, 6.07) is 13.2. The second-order valence-corrected chi connectivity index (χ2v) is 10.1. The fraction of sp³-hybridized carbons (Fsp3) is 0.400. The first-order valence-corrected chi connectivity index (χ1v) is 11.1. The number of hydrogen-bond donors (Lipinski definition) is 0. The summed E-state index contributed by atoms with van der Waals surface area (Å²) >= 11 is 3.57. The molecule has 0 amide bonds. The van der Waals surface area contributed by atoms with Crippen LogP contribution in [0, 0.1) is 6.92 Å². The number of fused-ring (bicyclic) bond motifs is 2. The van der Waals surface area contributed by atoms with Crippen molar-refractivity contribution in [3.05, 3.63) is 58.1 Å². The Morgan fingerprint density at radius 3 is 2.36 bits per heavy atom. The molecule has 1 saturated carbocycles. The number of anilines is 1. The predicted octanol–water partition coefficient (Wildman–Crippen LogP) is 5.17. The van der Waals surface area contributed by atoms with Gasteiger partial charge >= 0.3 is 0 Å². The fourth-order valence-electron chi connectivity index (χ4n) is 4.30. The summed E-state index contributed by atoms with van der Waals surface area (Å²) in [6.45, 7) is 2.53. The van der Waals surface area contributed by atoms with Crippen LogP contribution in [0.1, 0.15) is 43.2 Å². The van der Waals surface area contributed by atoms with Gasteiger partial charge in [-0.1, -0.05) is 52.9 Å². The Bertz CT molecular complexity index is 900. The van der Waals surface area contributed by atoms with Gasteiger partial charge in [0, 0.05) is 16.4 Å². The highest BCUT2D eigenvalue weighted by atomic mass is 79.9. The van der Waals surface area contributed by atoms with Gasteiger partial charge in [-0.2, -0.15) is 0 Å². The maximum Gasteiger partial charge on any atom is 0.264 e. The Morgan fingerprint density at radius 1 is 1.00 bits per heavy atom. The van der Waals surface area contributed by atoms with Crippen LogP contribution < -0.4 is 4.31 Å². The van der Waals surface area contributed by atoms with E-state index in [0.29, 0.717) is 11.4 Å². The molecule has 1 fully saturated rings. The molecule has 2 aromatic rings. The van der Waals surface area contributed by atoms with Gasteiger partial charge in [0.15, 0.2) is 0 Å². The highest BCUT2D eigenvalue weighted by molar-refractivity contribution is 9.10. The van der Waals surface area contributed by atoms with Gasteiger partial charge in [-0.3, -0.25) is 4.31 Å². The number of benzene rings is 2. The van der Waals surface area contributed by atoms with Gasteiger partial charge in [0.05, 0.1) is 10.6 Å². The molecule has 4 rings (SSSR count). The molecule has 1 heterocycles. The minimum Gasteiger partial charge on any atom is -0.265 e. The molecule has 132 valence electrons. The van der Waals surface area contributed by atoms with E-state index >= 15 is 0 Å². The molecule has 0 radical (unpaired) electrons. The molecular weight excluding hydrogens is 398 g/mol. The zero-order chi connectivity index (χ0) is 17.7. The van der Waals surface area contributed by atoms with Crippen molar-refractivity contribution in [2.24, 2.45) is 0 Å². The second-order valence-electron chi connectivity index (χ2n) is 7.33. The van der Waals surface area contributed by atoms with Crippen LogP contribution >= 0.6 is 15.9 Å². The highest BCUT2D eigenvalue weighted by Gasteiger charge is 2.47. The first kappa shape index (κ1) is 17.1. The van der Waals surface area contributed by atoms with Gasteiger partial charge in [0.25, 0.3) is 10.0 Å². The van der Waals surface area contributed by atoms with Gasteiger partial charge in [0.1, 0.15) is 0 Å². The monoisotopic (exact) mass is 419 g/mol. The molecule has 2 aliphatic rings. The van der Waals surface area contributed by atoms with E-state index in [-0.39, 0.29) is 5.41 Å². The average molecular weight is 420 g/mol. The van der Waals surface area contributed by atoms with Gasteiger partial charge < -0.3 is 0 Å². The molecule has 1 spiro atoms. The summed E-state index contributed by atoms with van der Waals surface area (Å²) in [6.07, 6.45) is 5.72. The molecule has 1 aliphatic carbocycles. The quantitative estimate of drug-likeness (QED) is 0.673. The van der Waals surface area contributed by atoms with Crippen LogP contribution in [0.2, 0.25) is 0 Å². The number of nitrogens with zero attached hydrogens (tertiary/aromatic N) is 1. The van der Waals surface area contributed by atoms with E-state index in [4.69, 9.17) is 0 Å². The highest BCUT2D eigenvalue weighted by Crippen LogP contribution is 2.51. The summed E-state index contributed by atoms with van der Waals surface area (Å²) in [5, 5.41) is 0. The molecule has 0 atom stereocenters. The smallest absolute Gasteiger partial charge is 0.264 e. The SMILES string of the molecule is Cc1ccc(S(=O)(=O)N2CC3(CCCCC3)c3cc(Br)ccc32)cc1. The summed E-state index contributed by atoms with van der Waals surface area (Å²) in [4.78, 5) is 0.375. The molecule has 0 aromatic heterocycles. The first-order chi connectivity index (χ1) is 11.9. The fourth-order valence-corrected chi connectivity index (χ4v) is 6.23. The van der Waals surface area contributed by atoms with E-state index < -0.39 is 10.0 Å². The molecule has 2 aromatic carbocycles. The van der Waals surface area contributed by atoms with Crippen molar-refractivity contribution in [1.82, 2.24) is 0 Å². The maximum absolute atomic E-state index is 13.3. The standard InChI is InChI=1S/C20H22BrNO2S/c1-15-5-8-17(9-6-15)25(23,24)22-14-20(11-3-2-4-12-20)18-13-16(21)7-10-19(18)22/h5-10,13H,2-4,11-12,14H2,1H3. The maximum atomic E-state index is 13.3. The molecule has 0 saturated heterocycles. The Hall–Kier alpha value is -1.33. The summed E-state index contributed by atoms with van der Waals surface area (Å²) in [7, 11) is -3.54. The third-order valence-electron chi connectivity index (χ3n) is 5.66. The second kappa shape index (κ2) is 6.13. The summed E-state index contributed by atoms with van der Waals surface area (Å²) in [5.41, 5.74) is 3.08. The topological polar surface area (TPSA) is 37.4 Å². The lowest BCUT2D eigenvalue weighted by Crippen LogP contribution is -2.38. The lowest BCUT2D eigenvalue weighted by molar-refractivity contribution is 0.315. The van der Waals surface area contributed by atoms with Crippen molar-refractivity contribution in [1.29, 1.82) is 0 Å². The Balaban J connectivity index is 1.83. The number of aryl methyl sites for hydroxylation is 1. The third-order valence-corrected chi connectivity index (χ3v) is 7.93. The van der Waals surface area contributed by atoms with Crippen LogP contribution in [0.25, 0.3) is 0 Å². The van der Waals surface area contributed by atoms with Crippen LogP contribution in [0.4, 0.5) is 5.69 Å². The van der Waals surface area contributed by atoms with E-state index in [1.807, 2.05) is 31.2 Å². The molecule has 25 heavy (non-hydrogen) atoms. The minimum absolute atomic E-state index is 0.0326. The van der Waals surface area contributed by atoms with Crippen LogP contribution in [-0.4, -0.2) is 15.0 Å². The molecule has 0 unspecified atom stereocenters. The van der Waals surface area contributed by atoms with Crippen molar-refractivity contribution in [3.63, 3.8) is 0 Å². The van der Waals surface area contributed by atoms with E-state index in [0.717, 1.165) is 28.6 Å². The molecule has 0 N–H and O–H groups in total. The van der Waals surface area contributed by atoms with Crippen molar-refractivity contribution in [3.8, 4) is 0 Å². The van der Waals surface area contributed by atoms with E-state index in [1.54, 1.807) is 16.4 Å². The van der Waals surface area contributed by atoms with Crippen molar-refractivity contribution in [2.45, 2.75) is 49.3 Å². The lowest BCUT2D eigenvalue weighted by atomic mass is 9.71. The van der Waals surface area contributed by atoms with Gasteiger partial charge in [-0.25, -0.2) is 8.42 Å². The zero-order valence-electron chi connectivity index (χ0n) is 14.3. The summed E-state index contributed by atoms with van der Waals surface area (Å²) in [5.74, 6) is 0. The van der Waals surface area contributed by atoms with Crippen LogP contribution in [0.15, 0.2) is 51.8 Å². The van der Waals surface area contributed by atoms with Crippen LogP contribution in [0.3, 0.4) is 0 Å². The molecule has 0 bridgehead atoms. The van der Waals surface area contributed by atoms with Gasteiger partial charge in [0.2, 0.25) is 0 Å². The van der Waals surface area contributed by atoms with Crippen LogP contribution in [-0.2, 0) is 15.4 Å². The number of sulfonamides is 1. The van der Waals surface area contributed by atoms with Crippen molar-refractivity contribution < 1.29 is 8.42 Å². The van der Waals surface area contributed by atoms with E-state index in [2.05, 4.69) is 22.0 Å². The molecule has 1 aliphatic heterocycles. The van der Waals surface area contributed by atoms with Gasteiger partial charge in [-0.15, -0.1) is 0 Å². The molecule has 3 nitrogen and oxygen atoms in total. The largest absolute Gasteiger partial charge is 0.265 e. The number of hydrogen-bond acceptors (Lipinski definition) is 2. The third kappa shape index (κ3) is 2.81. The zero-order valence-corrected chi connectivity index (χ0v) is 16.7. The van der Waals surface area contributed by atoms with Crippen molar-refractivity contribution in [2.75, 3.05) is 10.8 Å². The summed E-state index contributed by atoms with van der Waals surface area (Å²) < 4.78 is 29.3. The minimum atomic E-state index is -3.54. The number of rotatable bonds is 2. The van der Waals surface area contributed by atoms with E-state index in [9.17, 15) is 8.42 Å². The average Bonchev–Trinajstić information content (AvgIpc) is 2.90. The van der Waals surface area contributed by atoms with Crippen LogP contribution in [0.5, 0.6) is 0 Å². The van der Waals surface area contributed by atoms with Crippen molar-refractivity contribution >= 4 is 31.6 Å². The molecular formula is C20H22BrNO2S. The first-order valence-electron chi connectivity index (χ1n) is 8.82. The normalized spacial score (nSPS) is 19.2. The number of halogens is 1.